The molecule has 2 nitrogen and oxygen atoms in total. The van der Waals surface area contributed by atoms with Crippen LogP contribution in [0.5, 0.6) is 0 Å². The third kappa shape index (κ3) is 5.09. The standard InChI is InChI=1S/C13H17BrClNO/c1-9(2)6-12(8-15)16-13(17)10-4-3-5-11(14)7-10/h3-5,7,9,12H,6,8H2,1-2H3,(H,16,17). The highest BCUT2D eigenvalue weighted by molar-refractivity contribution is 9.10. The predicted octanol–water partition coefficient (Wildman–Crippen LogP) is 3.83. The summed E-state index contributed by atoms with van der Waals surface area (Å²) in [4.78, 5) is 12.0. The molecule has 0 aliphatic carbocycles. The van der Waals surface area contributed by atoms with E-state index in [1.54, 1.807) is 12.1 Å². The zero-order chi connectivity index (χ0) is 12.8. The van der Waals surface area contributed by atoms with Gasteiger partial charge in [0.2, 0.25) is 0 Å². The molecule has 1 aromatic rings. The molecule has 0 aromatic heterocycles. The molecular weight excluding hydrogens is 302 g/mol. The summed E-state index contributed by atoms with van der Waals surface area (Å²) < 4.78 is 0.899. The van der Waals surface area contributed by atoms with E-state index in [2.05, 4.69) is 35.1 Å². The molecule has 17 heavy (non-hydrogen) atoms. The minimum atomic E-state index is -0.0717. The lowest BCUT2D eigenvalue weighted by Gasteiger charge is -2.18. The van der Waals surface area contributed by atoms with Gasteiger partial charge in [-0.2, -0.15) is 0 Å². The van der Waals surface area contributed by atoms with Crippen LogP contribution in [0.25, 0.3) is 0 Å². The van der Waals surface area contributed by atoms with Gasteiger partial charge < -0.3 is 5.32 Å². The first kappa shape index (κ1) is 14.5. The number of hydrogen-bond donors (Lipinski definition) is 1. The van der Waals surface area contributed by atoms with Gasteiger partial charge in [-0.05, 0) is 30.5 Å². The van der Waals surface area contributed by atoms with E-state index in [4.69, 9.17) is 11.6 Å². The van der Waals surface area contributed by atoms with E-state index in [-0.39, 0.29) is 11.9 Å². The van der Waals surface area contributed by atoms with Crippen molar-refractivity contribution in [3.8, 4) is 0 Å². The summed E-state index contributed by atoms with van der Waals surface area (Å²) in [6, 6.07) is 7.36. The molecule has 1 unspecified atom stereocenters. The van der Waals surface area contributed by atoms with E-state index in [0.717, 1.165) is 10.9 Å². The van der Waals surface area contributed by atoms with Gasteiger partial charge in [-0.1, -0.05) is 35.8 Å². The second-order valence-electron chi connectivity index (χ2n) is 4.46. The number of carbonyl (C=O) groups is 1. The molecule has 0 saturated carbocycles. The lowest BCUT2D eigenvalue weighted by molar-refractivity contribution is 0.0936. The minimum Gasteiger partial charge on any atom is -0.348 e. The lowest BCUT2D eigenvalue weighted by Crippen LogP contribution is -2.37. The van der Waals surface area contributed by atoms with Crippen molar-refractivity contribution in [2.45, 2.75) is 26.3 Å². The summed E-state index contributed by atoms with van der Waals surface area (Å²) in [7, 11) is 0. The zero-order valence-electron chi connectivity index (χ0n) is 10.0. The van der Waals surface area contributed by atoms with Crippen LogP contribution in [0.1, 0.15) is 30.6 Å². The first-order chi connectivity index (χ1) is 8.02. The maximum absolute atomic E-state index is 12.0. The fourth-order valence-electron chi connectivity index (χ4n) is 1.63. The van der Waals surface area contributed by atoms with Crippen LogP contribution in [0.15, 0.2) is 28.7 Å². The smallest absolute Gasteiger partial charge is 0.251 e. The summed E-state index contributed by atoms with van der Waals surface area (Å²) in [5.74, 6) is 0.886. The summed E-state index contributed by atoms with van der Waals surface area (Å²) in [5, 5.41) is 2.95. The molecule has 0 radical (unpaired) electrons. The summed E-state index contributed by atoms with van der Waals surface area (Å²) in [6.45, 7) is 4.23. The van der Waals surface area contributed by atoms with Crippen LogP contribution < -0.4 is 5.32 Å². The van der Waals surface area contributed by atoms with Gasteiger partial charge in [0.05, 0.1) is 0 Å². The first-order valence-corrected chi connectivity index (χ1v) is 6.98. The zero-order valence-corrected chi connectivity index (χ0v) is 12.4. The topological polar surface area (TPSA) is 29.1 Å². The predicted molar refractivity (Wildman–Crippen MR) is 75.6 cm³/mol. The van der Waals surface area contributed by atoms with Gasteiger partial charge in [-0.25, -0.2) is 0 Å². The summed E-state index contributed by atoms with van der Waals surface area (Å²) in [6.07, 6.45) is 0.892. The van der Waals surface area contributed by atoms with Crippen molar-refractivity contribution in [1.82, 2.24) is 5.32 Å². The van der Waals surface area contributed by atoms with Crippen LogP contribution in [-0.2, 0) is 0 Å². The van der Waals surface area contributed by atoms with Gasteiger partial charge in [0.15, 0.2) is 0 Å². The molecule has 1 atom stereocenters. The maximum atomic E-state index is 12.0. The molecule has 0 aliphatic rings. The van der Waals surface area contributed by atoms with Crippen molar-refractivity contribution >= 4 is 33.4 Å². The lowest BCUT2D eigenvalue weighted by atomic mass is 10.0. The minimum absolute atomic E-state index is 0.0307. The van der Waals surface area contributed by atoms with E-state index in [9.17, 15) is 4.79 Å². The molecule has 0 heterocycles. The van der Waals surface area contributed by atoms with Gasteiger partial charge >= 0.3 is 0 Å². The molecule has 0 aliphatic heterocycles. The monoisotopic (exact) mass is 317 g/mol. The number of halogens is 2. The highest BCUT2D eigenvalue weighted by atomic mass is 79.9. The third-order valence-electron chi connectivity index (χ3n) is 2.36. The van der Waals surface area contributed by atoms with Gasteiger partial charge in [0, 0.05) is 22.0 Å². The van der Waals surface area contributed by atoms with Gasteiger partial charge in [-0.3, -0.25) is 4.79 Å². The third-order valence-corrected chi connectivity index (χ3v) is 3.23. The molecule has 1 amide bonds. The Morgan fingerprint density at radius 1 is 1.47 bits per heavy atom. The molecule has 1 rings (SSSR count). The molecule has 1 aromatic carbocycles. The van der Waals surface area contributed by atoms with Crippen LogP contribution in [-0.4, -0.2) is 17.8 Å². The fraction of sp³-hybridized carbons (Fsp3) is 0.462. The van der Waals surface area contributed by atoms with Crippen molar-refractivity contribution in [1.29, 1.82) is 0 Å². The molecular formula is C13H17BrClNO. The molecule has 0 spiro atoms. The van der Waals surface area contributed by atoms with E-state index in [0.29, 0.717) is 17.4 Å². The Morgan fingerprint density at radius 3 is 2.71 bits per heavy atom. The van der Waals surface area contributed by atoms with Crippen LogP contribution in [0.4, 0.5) is 0 Å². The normalized spacial score (nSPS) is 12.5. The maximum Gasteiger partial charge on any atom is 0.251 e. The SMILES string of the molecule is CC(C)CC(CCl)NC(=O)c1cccc(Br)c1. The molecule has 4 heteroatoms. The number of amides is 1. The first-order valence-electron chi connectivity index (χ1n) is 5.65. The van der Waals surface area contributed by atoms with E-state index in [1.807, 2.05) is 12.1 Å². The second-order valence-corrected chi connectivity index (χ2v) is 5.69. The summed E-state index contributed by atoms with van der Waals surface area (Å²) >= 11 is 9.20. The van der Waals surface area contributed by atoms with Crippen molar-refractivity contribution in [2.75, 3.05) is 5.88 Å². The van der Waals surface area contributed by atoms with Crippen LogP contribution in [0, 0.1) is 5.92 Å². The molecule has 1 N–H and O–H groups in total. The highest BCUT2D eigenvalue weighted by Crippen LogP contribution is 2.12. The van der Waals surface area contributed by atoms with Gasteiger partial charge in [-0.15, -0.1) is 11.6 Å². The van der Waals surface area contributed by atoms with Gasteiger partial charge in [0.25, 0.3) is 5.91 Å². The fourth-order valence-corrected chi connectivity index (χ4v) is 2.23. The number of nitrogens with one attached hydrogen (secondary N) is 1. The highest BCUT2D eigenvalue weighted by Gasteiger charge is 2.14. The van der Waals surface area contributed by atoms with Crippen LogP contribution in [0.2, 0.25) is 0 Å². The molecule has 0 bridgehead atoms. The Labute approximate surface area is 116 Å². The van der Waals surface area contributed by atoms with E-state index >= 15 is 0 Å². The van der Waals surface area contributed by atoms with Crippen molar-refractivity contribution in [3.63, 3.8) is 0 Å². The van der Waals surface area contributed by atoms with Gasteiger partial charge in [0.1, 0.15) is 0 Å². The van der Waals surface area contributed by atoms with Crippen LogP contribution in [0.3, 0.4) is 0 Å². The van der Waals surface area contributed by atoms with Crippen LogP contribution >= 0.6 is 27.5 Å². The number of alkyl halides is 1. The Bertz CT molecular complexity index is 381. The molecule has 0 fully saturated rings. The molecule has 94 valence electrons. The largest absolute Gasteiger partial charge is 0.348 e. The van der Waals surface area contributed by atoms with E-state index in [1.165, 1.54) is 0 Å². The number of hydrogen-bond acceptors (Lipinski definition) is 1. The number of carbonyl (C=O) groups excluding carboxylic acids is 1. The van der Waals surface area contributed by atoms with E-state index < -0.39 is 0 Å². The Balaban J connectivity index is 2.64. The average Bonchev–Trinajstić information content (AvgIpc) is 2.27. The quantitative estimate of drug-likeness (QED) is 0.821. The Kier molecular flexibility index (Phi) is 6.00. The van der Waals surface area contributed by atoms with Crippen molar-refractivity contribution in [2.24, 2.45) is 5.92 Å². The van der Waals surface area contributed by atoms with Crippen molar-refractivity contribution in [3.05, 3.63) is 34.3 Å². The summed E-state index contributed by atoms with van der Waals surface area (Å²) in [5.41, 5.74) is 0.651. The number of benzene rings is 1. The second kappa shape index (κ2) is 7.02. The number of rotatable bonds is 5. The average molecular weight is 319 g/mol. The Morgan fingerprint density at radius 2 is 2.18 bits per heavy atom. The van der Waals surface area contributed by atoms with Crippen molar-refractivity contribution < 1.29 is 4.79 Å². The Hall–Kier alpha value is -0.540. The molecule has 0 saturated heterocycles.